The molecule has 1 fully saturated rings. The van der Waals surface area contributed by atoms with E-state index in [2.05, 4.69) is 16.4 Å². The minimum Gasteiger partial charge on any atom is -0.367 e. The first kappa shape index (κ1) is 11.0. The van der Waals surface area contributed by atoms with Gasteiger partial charge in [0, 0.05) is 17.5 Å². The summed E-state index contributed by atoms with van der Waals surface area (Å²) >= 11 is 0. The molecule has 3 N–H and O–H groups in total. The van der Waals surface area contributed by atoms with Gasteiger partial charge >= 0.3 is 0 Å². The number of fused-ring (bicyclic) bond motifs is 1. The lowest BCUT2D eigenvalue weighted by molar-refractivity contribution is 0.373. The maximum Gasteiger partial charge on any atom is 0.128 e. The van der Waals surface area contributed by atoms with Crippen LogP contribution in [0.3, 0.4) is 0 Å². The lowest BCUT2D eigenvalue weighted by Gasteiger charge is -2.33. The maximum absolute atomic E-state index is 9.18. The van der Waals surface area contributed by atoms with Gasteiger partial charge in [-0.1, -0.05) is 18.2 Å². The third-order valence-electron chi connectivity index (χ3n) is 3.36. The van der Waals surface area contributed by atoms with Gasteiger partial charge in [-0.2, -0.15) is 5.26 Å². The summed E-state index contributed by atoms with van der Waals surface area (Å²) < 4.78 is 0. The normalized spacial score (nSPS) is 22.2. The highest BCUT2D eigenvalue weighted by Crippen LogP contribution is 2.25. The third-order valence-corrected chi connectivity index (χ3v) is 3.36. The highest BCUT2D eigenvalue weighted by atomic mass is 15.0. The Balaban J connectivity index is 1.96. The Hall–Kier alpha value is -2.12. The van der Waals surface area contributed by atoms with Gasteiger partial charge in [0.15, 0.2) is 0 Å². The van der Waals surface area contributed by atoms with Gasteiger partial charge in [-0.15, -0.1) is 0 Å². The van der Waals surface area contributed by atoms with Gasteiger partial charge < -0.3 is 11.1 Å². The van der Waals surface area contributed by atoms with Crippen molar-refractivity contribution >= 4 is 16.7 Å². The Bertz CT molecular complexity index is 623. The number of benzene rings is 1. The van der Waals surface area contributed by atoms with Gasteiger partial charge in [-0.3, -0.25) is 0 Å². The Kier molecular flexibility index (Phi) is 2.62. The van der Waals surface area contributed by atoms with Crippen LogP contribution in [0.2, 0.25) is 0 Å². The molecule has 0 saturated heterocycles. The van der Waals surface area contributed by atoms with Gasteiger partial charge in [0.05, 0.1) is 17.1 Å². The van der Waals surface area contributed by atoms with E-state index >= 15 is 0 Å². The second kappa shape index (κ2) is 4.28. The van der Waals surface area contributed by atoms with Gasteiger partial charge in [-0.25, -0.2) is 4.98 Å². The largest absolute Gasteiger partial charge is 0.367 e. The fraction of sp³-hybridized carbons (Fsp3) is 0.286. The number of anilines is 1. The van der Waals surface area contributed by atoms with E-state index in [1.54, 1.807) is 0 Å². The molecule has 90 valence electrons. The highest BCUT2D eigenvalue weighted by molar-refractivity contribution is 5.86. The van der Waals surface area contributed by atoms with E-state index in [9.17, 15) is 5.26 Å². The number of nitriles is 1. The van der Waals surface area contributed by atoms with Crippen molar-refractivity contribution in [2.75, 3.05) is 5.32 Å². The summed E-state index contributed by atoms with van der Waals surface area (Å²) in [6.45, 7) is 0. The van der Waals surface area contributed by atoms with Crippen LogP contribution in [-0.2, 0) is 0 Å². The quantitative estimate of drug-likeness (QED) is 0.839. The lowest BCUT2D eigenvalue weighted by Crippen LogP contribution is -2.44. The summed E-state index contributed by atoms with van der Waals surface area (Å²) in [6, 6.07) is 12.4. The van der Waals surface area contributed by atoms with E-state index < -0.39 is 0 Å². The number of aromatic nitrogens is 1. The molecule has 2 aromatic rings. The Morgan fingerprint density at radius 1 is 1.33 bits per heavy atom. The summed E-state index contributed by atoms with van der Waals surface area (Å²) in [6.07, 6.45) is 1.94. The van der Waals surface area contributed by atoms with Crippen LogP contribution in [0.4, 0.5) is 5.82 Å². The predicted molar refractivity (Wildman–Crippen MR) is 71.1 cm³/mol. The molecule has 0 spiro atoms. The molecule has 0 amide bonds. The first-order chi connectivity index (χ1) is 8.76. The number of pyridine rings is 1. The molecule has 0 aliphatic heterocycles. The summed E-state index contributed by atoms with van der Waals surface area (Å²) in [4.78, 5) is 4.53. The van der Waals surface area contributed by atoms with Crippen LogP contribution in [-0.4, -0.2) is 17.1 Å². The first-order valence-electron chi connectivity index (χ1n) is 6.08. The molecule has 1 aliphatic rings. The molecule has 0 atom stereocenters. The van der Waals surface area contributed by atoms with Crippen molar-refractivity contribution in [2.24, 2.45) is 5.73 Å². The van der Waals surface area contributed by atoms with Crippen molar-refractivity contribution < 1.29 is 0 Å². The average molecular weight is 238 g/mol. The van der Waals surface area contributed by atoms with Crippen LogP contribution < -0.4 is 11.1 Å². The van der Waals surface area contributed by atoms with Crippen LogP contribution in [0.25, 0.3) is 10.9 Å². The number of hydrogen-bond acceptors (Lipinski definition) is 4. The SMILES string of the molecule is N#Cc1cc(NC2CC(N)C2)nc2ccccc12. The van der Waals surface area contributed by atoms with Gasteiger partial charge in [0.25, 0.3) is 0 Å². The molecule has 18 heavy (non-hydrogen) atoms. The zero-order valence-corrected chi connectivity index (χ0v) is 9.93. The van der Waals surface area contributed by atoms with E-state index in [1.807, 2.05) is 30.3 Å². The fourth-order valence-corrected chi connectivity index (χ4v) is 2.33. The fourth-order valence-electron chi connectivity index (χ4n) is 2.33. The van der Waals surface area contributed by atoms with Gasteiger partial charge in [0.2, 0.25) is 0 Å². The minimum absolute atomic E-state index is 0.304. The molecule has 3 rings (SSSR count). The van der Waals surface area contributed by atoms with Crippen molar-refractivity contribution in [2.45, 2.75) is 24.9 Å². The van der Waals surface area contributed by atoms with Crippen molar-refractivity contribution in [3.8, 4) is 6.07 Å². The van der Waals surface area contributed by atoms with Crippen LogP contribution in [0.15, 0.2) is 30.3 Å². The Morgan fingerprint density at radius 2 is 2.11 bits per heavy atom. The molecule has 4 nitrogen and oxygen atoms in total. The summed E-state index contributed by atoms with van der Waals surface area (Å²) in [5, 5.41) is 13.4. The second-order valence-corrected chi connectivity index (χ2v) is 4.76. The van der Waals surface area contributed by atoms with E-state index in [1.165, 1.54) is 0 Å². The first-order valence-corrected chi connectivity index (χ1v) is 6.08. The van der Waals surface area contributed by atoms with Crippen molar-refractivity contribution in [3.63, 3.8) is 0 Å². The Labute approximate surface area is 105 Å². The van der Waals surface area contributed by atoms with Crippen molar-refractivity contribution in [1.29, 1.82) is 5.26 Å². The maximum atomic E-state index is 9.18. The standard InChI is InChI=1S/C14H14N4/c15-8-9-5-14(17-11-6-10(16)7-11)18-13-4-2-1-3-12(9)13/h1-5,10-11H,6-7,16H2,(H,17,18). The molecule has 1 aromatic heterocycles. The summed E-state index contributed by atoms with van der Waals surface area (Å²) in [7, 11) is 0. The van der Waals surface area contributed by atoms with Gasteiger partial charge in [-0.05, 0) is 25.0 Å². The van der Waals surface area contributed by atoms with E-state index in [0.29, 0.717) is 17.6 Å². The smallest absolute Gasteiger partial charge is 0.128 e. The number of hydrogen-bond donors (Lipinski definition) is 2. The van der Waals surface area contributed by atoms with Crippen molar-refractivity contribution in [1.82, 2.24) is 4.98 Å². The van der Waals surface area contributed by atoms with Crippen LogP contribution >= 0.6 is 0 Å². The number of rotatable bonds is 2. The molecular weight excluding hydrogens is 224 g/mol. The molecule has 1 saturated carbocycles. The van der Waals surface area contributed by atoms with Crippen molar-refractivity contribution in [3.05, 3.63) is 35.9 Å². The Morgan fingerprint density at radius 3 is 2.83 bits per heavy atom. The lowest BCUT2D eigenvalue weighted by atomic mass is 9.87. The molecule has 0 unspecified atom stereocenters. The number of nitrogens with one attached hydrogen (secondary N) is 1. The molecule has 1 aliphatic carbocycles. The number of nitrogens with two attached hydrogens (primary N) is 1. The van der Waals surface area contributed by atoms with Crippen LogP contribution in [0, 0.1) is 11.3 Å². The van der Waals surface area contributed by atoms with E-state index in [4.69, 9.17) is 5.73 Å². The third kappa shape index (κ3) is 1.89. The molecule has 0 radical (unpaired) electrons. The molecule has 1 aromatic carbocycles. The monoisotopic (exact) mass is 238 g/mol. The zero-order valence-electron chi connectivity index (χ0n) is 9.93. The van der Waals surface area contributed by atoms with Crippen LogP contribution in [0.1, 0.15) is 18.4 Å². The molecular formula is C14H14N4. The highest BCUT2D eigenvalue weighted by Gasteiger charge is 2.26. The number of para-hydroxylation sites is 1. The summed E-state index contributed by atoms with van der Waals surface area (Å²) in [5.41, 5.74) is 7.27. The minimum atomic E-state index is 0.304. The number of nitrogens with zero attached hydrogens (tertiary/aromatic N) is 2. The average Bonchev–Trinajstić information content (AvgIpc) is 2.36. The molecule has 0 bridgehead atoms. The topological polar surface area (TPSA) is 74.7 Å². The summed E-state index contributed by atoms with van der Waals surface area (Å²) in [5.74, 6) is 0.766. The zero-order chi connectivity index (χ0) is 12.5. The predicted octanol–water partition coefficient (Wildman–Crippen LogP) is 2.01. The van der Waals surface area contributed by atoms with Crippen LogP contribution in [0.5, 0.6) is 0 Å². The van der Waals surface area contributed by atoms with E-state index in [0.717, 1.165) is 29.6 Å². The van der Waals surface area contributed by atoms with E-state index in [-0.39, 0.29) is 0 Å². The molecule has 4 heteroatoms. The second-order valence-electron chi connectivity index (χ2n) is 4.76. The molecule has 1 heterocycles. The van der Waals surface area contributed by atoms with Gasteiger partial charge in [0.1, 0.15) is 5.82 Å².